The standard InChI is InChI=1S/C28H37N7O2/c1-20-10-8-12-23-26(20)35(22-11-6-7-17-34(19-22)25(36)13-9-16-32(2)3)28(30-23)31-27(37)21-14-15-29-24(18-21)33(4)5/h8-10,12-15,18,22H,6-7,11,16-17,19H2,1-5H3,(H,30,31,37). The number of rotatable bonds is 7. The van der Waals surface area contributed by atoms with Gasteiger partial charge in [-0.2, -0.15) is 0 Å². The van der Waals surface area contributed by atoms with Crippen molar-refractivity contribution < 1.29 is 9.59 Å². The molecular weight excluding hydrogens is 466 g/mol. The Hall–Kier alpha value is -3.72. The molecule has 9 heteroatoms. The first-order valence-electron chi connectivity index (χ1n) is 12.8. The average Bonchev–Trinajstić information content (AvgIpc) is 3.05. The summed E-state index contributed by atoms with van der Waals surface area (Å²) in [5.74, 6) is 0.985. The number of nitrogens with zero attached hydrogens (tertiary/aromatic N) is 6. The number of nitrogens with one attached hydrogen (secondary N) is 1. The summed E-state index contributed by atoms with van der Waals surface area (Å²) in [5, 5.41) is 3.06. The van der Waals surface area contributed by atoms with Gasteiger partial charge in [-0.25, -0.2) is 9.97 Å². The monoisotopic (exact) mass is 503 g/mol. The first kappa shape index (κ1) is 26.3. The molecule has 3 aromatic rings. The van der Waals surface area contributed by atoms with Crippen molar-refractivity contribution in [3.63, 3.8) is 0 Å². The van der Waals surface area contributed by atoms with Crippen LogP contribution in [-0.2, 0) is 4.79 Å². The van der Waals surface area contributed by atoms with Crippen molar-refractivity contribution in [3.05, 3.63) is 59.8 Å². The fourth-order valence-electron chi connectivity index (χ4n) is 4.74. The smallest absolute Gasteiger partial charge is 0.258 e. The lowest BCUT2D eigenvalue weighted by Crippen LogP contribution is -2.35. The molecule has 1 N–H and O–H groups in total. The van der Waals surface area contributed by atoms with E-state index in [1.54, 1.807) is 24.4 Å². The Morgan fingerprint density at radius 1 is 1.16 bits per heavy atom. The average molecular weight is 504 g/mol. The minimum Gasteiger partial charge on any atom is -0.363 e. The van der Waals surface area contributed by atoms with Gasteiger partial charge >= 0.3 is 0 Å². The summed E-state index contributed by atoms with van der Waals surface area (Å²) < 4.78 is 2.13. The Morgan fingerprint density at radius 2 is 1.97 bits per heavy atom. The van der Waals surface area contributed by atoms with E-state index < -0.39 is 0 Å². The highest BCUT2D eigenvalue weighted by atomic mass is 16.2. The lowest BCUT2D eigenvalue weighted by atomic mass is 10.1. The molecule has 0 aliphatic carbocycles. The molecule has 1 aliphatic heterocycles. The third-order valence-corrected chi connectivity index (χ3v) is 6.66. The summed E-state index contributed by atoms with van der Waals surface area (Å²) in [6, 6.07) is 9.46. The number of hydrogen-bond donors (Lipinski definition) is 1. The quantitative estimate of drug-likeness (QED) is 0.495. The predicted octanol–water partition coefficient (Wildman–Crippen LogP) is 3.73. The van der Waals surface area contributed by atoms with Crippen LogP contribution in [0.1, 0.15) is 41.2 Å². The Morgan fingerprint density at radius 3 is 2.73 bits per heavy atom. The van der Waals surface area contributed by atoms with Crippen LogP contribution >= 0.6 is 0 Å². The molecular formula is C28H37N7O2. The summed E-state index contributed by atoms with van der Waals surface area (Å²) in [5.41, 5.74) is 3.41. The van der Waals surface area contributed by atoms with Crippen LogP contribution in [0, 0.1) is 6.92 Å². The summed E-state index contributed by atoms with van der Waals surface area (Å²) in [4.78, 5) is 41.3. The number of likely N-dealkylation sites (N-methyl/N-ethyl adjacent to an activating group) is 1. The van der Waals surface area contributed by atoms with Crippen LogP contribution in [0.25, 0.3) is 11.0 Å². The number of anilines is 2. The van der Waals surface area contributed by atoms with Gasteiger partial charge in [0.15, 0.2) is 0 Å². The van der Waals surface area contributed by atoms with Crippen molar-refractivity contribution in [3.8, 4) is 0 Å². The van der Waals surface area contributed by atoms with Gasteiger partial charge in [-0.1, -0.05) is 18.2 Å². The van der Waals surface area contributed by atoms with Gasteiger partial charge < -0.3 is 19.3 Å². The van der Waals surface area contributed by atoms with E-state index in [1.807, 2.05) is 61.1 Å². The van der Waals surface area contributed by atoms with Crippen LogP contribution in [0.5, 0.6) is 0 Å². The van der Waals surface area contributed by atoms with E-state index in [1.165, 1.54) is 0 Å². The molecule has 3 heterocycles. The van der Waals surface area contributed by atoms with Crippen LogP contribution in [0.2, 0.25) is 0 Å². The van der Waals surface area contributed by atoms with E-state index >= 15 is 0 Å². The third-order valence-electron chi connectivity index (χ3n) is 6.66. The number of aromatic nitrogens is 3. The predicted molar refractivity (Wildman–Crippen MR) is 148 cm³/mol. The molecule has 1 saturated heterocycles. The zero-order valence-electron chi connectivity index (χ0n) is 22.4. The number of amides is 2. The number of para-hydroxylation sites is 1. The van der Waals surface area contributed by atoms with Crippen molar-refractivity contribution in [2.24, 2.45) is 0 Å². The fourth-order valence-corrected chi connectivity index (χ4v) is 4.74. The summed E-state index contributed by atoms with van der Waals surface area (Å²) in [6.07, 6.45) is 8.05. The van der Waals surface area contributed by atoms with Crippen molar-refractivity contribution in [1.82, 2.24) is 24.3 Å². The molecule has 0 spiro atoms. The van der Waals surface area contributed by atoms with Crippen molar-refractivity contribution in [2.75, 3.05) is 58.0 Å². The molecule has 0 radical (unpaired) electrons. The van der Waals surface area contributed by atoms with Gasteiger partial charge in [0.25, 0.3) is 5.91 Å². The van der Waals surface area contributed by atoms with Crippen molar-refractivity contribution in [1.29, 1.82) is 0 Å². The normalized spacial score (nSPS) is 16.4. The highest BCUT2D eigenvalue weighted by Crippen LogP contribution is 2.32. The zero-order chi connectivity index (χ0) is 26.5. The number of hydrogen-bond acceptors (Lipinski definition) is 6. The van der Waals surface area contributed by atoms with Gasteiger partial charge in [-0.15, -0.1) is 0 Å². The van der Waals surface area contributed by atoms with Crippen LogP contribution in [-0.4, -0.2) is 84.0 Å². The molecule has 4 rings (SSSR count). The first-order chi connectivity index (χ1) is 17.7. The maximum Gasteiger partial charge on any atom is 0.258 e. The van der Waals surface area contributed by atoms with E-state index in [0.29, 0.717) is 23.9 Å². The molecule has 0 bridgehead atoms. The van der Waals surface area contributed by atoms with Crippen LogP contribution in [0.4, 0.5) is 11.8 Å². The molecule has 1 unspecified atom stereocenters. The van der Waals surface area contributed by atoms with E-state index in [2.05, 4.69) is 27.9 Å². The maximum absolute atomic E-state index is 13.3. The Labute approximate surface area is 218 Å². The van der Waals surface area contributed by atoms with Crippen LogP contribution in [0.15, 0.2) is 48.7 Å². The summed E-state index contributed by atoms with van der Waals surface area (Å²) in [6.45, 7) is 4.06. The number of likely N-dealkylation sites (tertiary alicyclic amines) is 1. The van der Waals surface area contributed by atoms with Crippen LogP contribution in [0.3, 0.4) is 0 Å². The minimum atomic E-state index is -0.243. The SMILES string of the molecule is Cc1cccc2nc(NC(=O)c3ccnc(N(C)C)c3)n(C3CCCCN(C(=O)C=CCN(C)C)C3)c12. The van der Waals surface area contributed by atoms with E-state index in [-0.39, 0.29) is 17.9 Å². The number of pyridine rings is 1. The molecule has 37 heavy (non-hydrogen) atoms. The Bertz CT molecular complexity index is 1290. The van der Waals surface area contributed by atoms with Gasteiger partial charge in [-0.3, -0.25) is 14.9 Å². The zero-order valence-corrected chi connectivity index (χ0v) is 22.4. The number of benzene rings is 1. The minimum absolute atomic E-state index is 0.00938. The first-order valence-corrected chi connectivity index (χ1v) is 12.8. The molecule has 1 atom stereocenters. The lowest BCUT2D eigenvalue weighted by Gasteiger charge is -2.26. The van der Waals surface area contributed by atoms with Gasteiger partial charge in [0, 0.05) is 51.6 Å². The highest BCUT2D eigenvalue weighted by Gasteiger charge is 2.27. The van der Waals surface area contributed by atoms with Gasteiger partial charge in [0.2, 0.25) is 11.9 Å². The number of carbonyl (C=O) groups excluding carboxylic acids is 2. The topological polar surface area (TPSA) is 86.6 Å². The Balaban J connectivity index is 1.67. The van der Waals surface area contributed by atoms with Gasteiger partial charge in [-0.05, 0) is 64.0 Å². The molecule has 1 aromatic carbocycles. The second-order valence-electron chi connectivity index (χ2n) is 10.1. The number of imidazole rings is 1. The summed E-state index contributed by atoms with van der Waals surface area (Å²) >= 11 is 0. The van der Waals surface area contributed by atoms with Crippen molar-refractivity contribution >= 4 is 34.6 Å². The third kappa shape index (κ3) is 6.17. The summed E-state index contributed by atoms with van der Waals surface area (Å²) in [7, 11) is 7.74. The van der Waals surface area contributed by atoms with E-state index in [9.17, 15) is 9.59 Å². The van der Waals surface area contributed by atoms with Crippen molar-refractivity contribution in [2.45, 2.75) is 32.2 Å². The van der Waals surface area contributed by atoms with Gasteiger partial charge in [0.1, 0.15) is 5.82 Å². The molecule has 1 aliphatic rings. The molecule has 196 valence electrons. The van der Waals surface area contributed by atoms with E-state index in [4.69, 9.17) is 4.98 Å². The molecule has 0 saturated carbocycles. The second-order valence-corrected chi connectivity index (χ2v) is 10.1. The Kier molecular flexibility index (Phi) is 8.23. The van der Waals surface area contributed by atoms with Gasteiger partial charge in [0.05, 0.1) is 17.1 Å². The largest absolute Gasteiger partial charge is 0.363 e. The second kappa shape index (κ2) is 11.6. The van der Waals surface area contributed by atoms with Crippen LogP contribution < -0.4 is 10.2 Å². The molecule has 2 aromatic heterocycles. The molecule has 1 fully saturated rings. The maximum atomic E-state index is 13.3. The lowest BCUT2D eigenvalue weighted by molar-refractivity contribution is -0.126. The molecule has 9 nitrogen and oxygen atoms in total. The fraction of sp³-hybridized carbons (Fsp3) is 0.429. The number of aryl methyl sites for hydroxylation is 1. The highest BCUT2D eigenvalue weighted by molar-refractivity contribution is 6.04. The number of fused-ring (bicyclic) bond motifs is 1. The number of carbonyl (C=O) groups is 2. The molecule has 2 amide bonds. The van der Waals surface area contributed by atoms with E-state index in [0.717, 1.165) is 48.9 Å².